The molecule has 2 rings (SSSR count). The molecule has 1 heterocycles. The second-order valence-corrected chi connectivity index (χ2v) is 5.79. The second-order valence-electron chi connectivity index (χ2n) is 5.42. The van der Waals surface area contributed by atoms with Crippen molar-refractivity contribution in [3.05, 3.63) is 28.6 Å². The van der Waals surface area contributed by atoms with Crippen LogP contribution in [0.15, 0.2) is 22.6 Å². The van der Waals surface area contributed by atoms with E-state index in [1.54, 1.807) is 25.1 Å². The SMILES string of the molecule is CC(C)C(C)(O)CNC(=O)c1ccc2[nH]c(=S)oc2c1. The van der Waals surface area contributed by atoms with E-state index in [4.69, 9.17) is 16.6 Å². The molecule has 0 saturated carbocycles. The summed E-state index contributed by atoms with van der Waals surface area (Å²) in [5, 5.41) is 12.8. The number of amides is 1. The largest absolute Gasteiger partial charge is 0.429 e. The van der Waals surface area contributed by atoms with Crippen LogP contribution in [-0.4, -0.2) is 28.1 Å². The van der Waals surface area contributed by atoms with E-state index in [1.165, 1.54) is 0 Å². The van der Waals surface area contributed by atoms with Crippen LogP contribution in [-0.2, 0) is 0 Å². The third-order valence-electron chi connectivity index (χ3n) is 3.53. The monoisotopic (exact) mass is 294 g/mol. The van der Waals surface area contributed by atoms with E-state index in [0.29, 0.717) is 11.1 Å². The van der Waals surface area contributed by atoms with Crippen LogP contribution in [0.2, 0.25) is 0 Å². The Morgan fingerprint density at radius 3 is 2.90 bits per heavy atom. The third-order valence-corrected chi connectivity index (χ3v) is 3.72. The van der Waals surface area contributed by atoms with Crippen LogP contribution in [0.25, 0.3) is 11.1 Å². The lowest BCUT2D eigenvalue weighted by atomic mass is 9.92. The van der Waals surface area contributed by atoms with Gasteiger partial charge in [-0.2, -0.15) is 0 Å². The maximum atomic E-state index is 12.1. The molecule has 20 heavy (non-hydrogen) atoms. The molecule has 108 valence electrons. The zero-order valence-electron chi connectivity index (χ0n) is 11.7. The van der Waals surface area contributed by atoms with Gasteiger partial charge in [0.2, 0.25) is 0 Å². The molecule has 1 unspecified atom stereocenters. The molecule has 6 heteroatoms. The first-order chi connectivity index (χ1) is 9.29. The molecule has 1 amide bonds. The van der Waals surface area contributed by atoms with Crippen molar-refractivity contribution in [2.75, 3.05) is 6.54 Å². The van der Waals surface area contributed by atoms with Crippen LogP contribution in [0.1, 0.15) is 31.1 Å². The number of H-pyrrole nitrogens is 1. The molecule has 2 aromatic rings. The van der Waals surface area contributed by atoms with Gasteiger partial charge in [-0.1, -0.05) is 13.8 Å². The van der Waals surface area contributed by atoms with Gasteiger partial charge in [-0.15, -0.1) is 0 Å². The Morgan fingerprint density at radius 1 is 1.55 bits per heavy atom. The Kier molecular flexibility index (Phi) is 3.96. The van der Waals surface area contributed by atoms with Gasteiger partial charge in [0.25, 0.3) is 10.7 Å². The number of carbonyl (C=O) groups excluding carboxylic acids is 1. The summed E-state index contributed by atoms with van der Waals surface area (Å²) in [6.07, 6.45) is 0. The fraction of sp³-hybridized carbons (Fsp3) is 0.429. The first-order valence-corrected chi connectivity index (χ1v) is 6.84. The topological polar surface area (TPSA) is 78.3 Å². The number of oxazole rings is 1. The van der Waals surface area contributed by atoms with Gasteiger partial charge < -0.3 is 19.8 Å². The first-order valence-electron chi connectivity index (χ1n) is 6.43. The molecule has 3 N–H and O–H groups in total. The number of hydrogen-bond acceptors (Lipinski definition) is 4. The summed E-state index contributed by atoms with van der Waals surface area (Å²) >= 11 is 4.89. The number of aliphatic hydroxyl groups is 1. The lowest BCUT2D eigenvalue weighted by Crippen LogP contribution is -2.44. The minimum atomic E-state index is -0.938. The molecular weight excluding hydrogens is 276 g/mol. The van der Waals surface area contributed by atoms with Gasteiger partial charge in [0.05, 0.1) is 11.1 Å². The predicted octanol–water partition coefficient (Wildman–Crippen LogP) is 2.63. The van der Waals surface area contributed by atoms with Crippen molar-refractivity contribution in [3.63, 3.8) is 0 Å². The predicted molar refractivity (Wildman–Crippen MR) is 79.2 cm³/mol. The van der Waals surface area contributed by atoms with Crippen molar-refractivity contribution in [2.45, 2.75) is 26.4 Å². The number of aromatic amines is 1. The normalized spacial score (nSPS) is 14.4. The van der Waals surface area contributed by atoms with E-state index in [9.17, 15) is 9.90 Å². The number of benzene rings is 1. The standard InChI is InChI=1S/C14H18N2O3S/c1-8(2)14(3,18)7-15-12(17)9-4-5-10-11(6-9)19-13(20)16-10/h4-6,8,18H,7H2,1-3H3,(H,15,17)(H,16,20). The fourth-order valence-corrected chi connectivity index (χ4v) is 1.85. The Hall–Kier alpha value is -1.66. The van der Waals surface area contributed by atoms with Crippen LogP contribution in [0.3, 0.4) is 0 Å². The van der Waals surface area contributed by atoms with E-state index in [-0.39, 0.29) is 23.2 Å². The molecular formula is C14H18N2O3S. The zero-order chi connectivity index (χ0) is 14.9. The lowest BCUT2D eigenvalue weighted by molar-refractivity contribution is 0.0142. The van der Waals surface area contributed by atoms with Gasteiger partial charge in [0, 0.05) is 12.1 Å². The van der Waals surface area contributed by atoms with Crippen molar-refractivity contribution in [2.24, 2.45) is 5.92 Å². The highest BCUT2D eigenvalue weighted by Crippen LogP contribution is 2.17. The van der Waals surface area contributed by atoms with E-state index in [1.807, 2.05) is 13.8 Å². The minimum Gasteiger partial charge on any atom is -0.429 e. The van der Waals surface area contributed by atoms with Gasteiger partial charge in [0.15, 0.2) is 5.58 Å². The number of hydrogen-bond donors (Lipinski definition) is 3. The Bertz CT molecular complexity index is 685. The average Bonchev–Trinajstić information content (AvgIpc) is 2.74. The van der Waals surface area contributed by atoms with Gasteiger partial charge >= 0.3 is 0 Å². The van der Waals surface area contributed by atoms with Crippen molar-refractivity contribution >= 4 is 29.2 Å². The molecule has 0 fully saturated rings. The molecule has 0 saturated heterocycles. The molecule has 0 aliphatic heterocycles. The lowest BCUT2D eigenvalue weighted by Gasteiger charge is -2.27. The van der Waals surface area contributed by atoms with Crippen molar-refractivity contribution in [1.29, 1.82) is 0 Å². The van der Waals surface area contributed by atoms with Crippen LogP contribution >= 0.6 is 12.2 Å². The second kappa shape index (κ2) is 5.38. The quantitative estimate of drug-likeness (QED) is 0.757. The first kappa shape index (κ1) is 14.7. The Labute approximate surface area is 122 Å². The summed E-state index contributed by atoms with van der Waals surface area (Å²) in [4.78, 5) is 15.2. The van der Waals surface area contributed by atoms with Crippen molar-refractivity contribution < 1.29 is 14.3 Å². The number of rotatable bonds is 4. The van der Waals surface area contributed by atoms with Gasteiger partial charge in [-0.25, -0.2) is 0 Å². The maximum Gasteiger partial charge on any atom is 0.266 e. The average molecular weight is 294 g/mol. The fourth-order valence-electron chi connectivity index (χ4n) is 1.65. The van der Waals surface area contributed by atoms with E-state index in [0.717, 1.165) is 5.52 Å². The number of nitrogens with one attached hydrogen (secondary N) is 2. The van der Waals surface area contributed by atoms with E-state index < -0.39 is 5.60 Å². The number of carbonyl (C=O) groups is 1. The molecule has 0 radical (unpaired) electrons. The van der Waals surface area contributed by atoms with Crippen LogP contribution in [0.5, 0.6) is 0 Å². The summed E-state index contributed by atoms with van der Waals surface area (Å²) in [6.45, 7) is 5.70. The van der Waals surface area contributed by atoms with Crippen LogP contribution in [0, 0.1) is 10.8 Å². The number of aromatic nitrogens is 1. The Balaban J connectivity index is 2.13. The molecule has 1 aromatic heterocycles. The molecule has 0 bridgehead atoms. The summed E-state index contributed by atoms with van der Waals surface area (Å²) in [5.74, 6) is -0.206. The van der Waals surface area contributed by atoms with Crippen molar-refractivity contribution in [1.82, 2.24) is 10.3 Å². The summed E-state index contributed by atoms with van der Waals surface area (Å²) in [5.41, 5.74) is 0.820. The molecule has 1 atom stereocenters. The van der Waals surface area contributed by atoms with Gasteiger partial charge in [0.1, 0.15) is 0 Å². The van der Waals surface area contributed by atoms with E-state index >= 15 is 0 Å². The van der Waals surface area contributed by atoms with Gasteiger partial charge in [-0.05, 0) is 43.3 Å². The highest BCUT2D eigenvalue weighted by Gasteiger charge is 2.25. The maximum absolute atomic E-state index is 12.1. The minimum absolute atomic E-state index is 0.0488. The summed E-state index contributed by atoms with van der Waals surface area (Å²) in [6, 6.07) is 5.05. The molecule has 1 aromatic carbocycles. The zero-order valence-corrected chi connectivity index (χ0v) is 12.5. The summed E-state index contributed by atoms with van der Waals surface area (Å²) in [7, 11) is 0. The van der Waals surface area contributed by atoms with Crippen LogP contribution in [0.4, 0.5) is 0 Å². The molecule has 0 spiro atoms. The Morgan fingerprint density at radius 2 is 2.25 bits per heavy atom. The van der Waals surface area contributed by atoms with Gasteiger partial charge in [-0.3, -0.25) is 4.79 Å². The third kappa shape index (κ3) is 3.08. The van der Waals surface area contributed by atoms with E-state index in [2.05, 4.69) is 10.3 Å². The summed E-state index contributed by atoms with van der Waals surface area (Å²) < 4.78 is 5.27. The van der Waals surface area contributed by atoms with Crippen molar-refractivity contribution in [3.8, 4) is 0 Å². The highest BCUT2D eigenvalue weighted by molar-refractivity contribution is 7.71. The van der Waals surface area contributed by atoms with Crippen LogP contribution < -0.4 is 5.32 Å². The number of fused-ring (bicyclic) bond motifs is 1. The highest BCUT2D eigenvalue weighted by atomic mass is 32.1. The molecule has 5 nitrogen and oxygen atoms in total. The smallest absolute Gasteiger partial charge is 0.266 e. The molecule has 0 aliphatic rings. The molecule has 0 aliphatic carbocycles.